The number of methoxy groups -OCH3 is 1. The van der Waals surface area contributed by atoms with Gasteiger partial charge in [0.2, 0.25) is 0 Å². The van der Waals surface area contributed by atoms with Crippen molar-refractivity contribution in [2.45, 2.75) is 25.3 Å². The number of aromatic amines is 1. The fourth-order valence-corrected chi connectivity index (χ4v) is 3.64. The Balaban J connectivity index is 1.46. The highest BCUT2D eigenvalue weighted by atomic mass is 16.5. The Morgan fingerprint density at radius 3 is 2.92 bits per heavy atom. The van der Waals surface area contributed by atoms with Crippen LogP contribution < -0.4 is 4.74 Å². The number of ether oxygens (including phenoxy) is 1. The topological polar surface area (TPSA) is 41.1 Å². The summed E-state index contributed by atoms with van der Waals surface area (Å²) in [6.07, 6.45) is 4.33. The Morgan fingerprint density at radius 2 is 2.12 bits per heavy atom. The molecule has 24 heavy (non-hydrogen) atoms. The molecule has 1 aromatic carbocycles. The minimum absolute atomic E-state index is 0.561. The quantitative estimate of drug-likeness (QED) is 0.791. The van der Waals surface area contributed by atoms with Crippen LogP contribution in [0.5, 0.6) is 5.75 Å². The van der Waals surface area contributed by atoms with Gasteiger partial charge >= 0.3 is 0 Å². The largest absolute Gasteiger partial charge is 0.497 e. The van der Waals surface area contributed by atoms with E-state index in [4.69, 9.17) is 4.74 Å². The van der Waals surface area contributed by atoms with Crippen molar-refractivity contribution in [1.29, 1.82) is 0 Å². The summed E-state index contributed by atoms with van der Waals surface area (Å²) in [6, 6.07) is 14.8. The average molecular weight is 321 g/mol. The number of rotatable bonds is 4. The van der Waals surface area contributed by atoms with Gasteiger partial charge in [0, 0.05) is 36.3 Å². The number of nitrogens with zero attached hydrogens (tertiary/aromatic N) is 2. The standard InChI is InChI=1S/C20H23N3O/c1-24-18-8-6-15(7-9-18)13-23-11-3-5-17(14-23)19-12-16-4-2-10-21-20(16)22-19/h2,4,6-10,12,17H,3,5,11,13-14H2,1H3,(H,21,22). The van der Waals surface area contributed by atoms with Crippen molar-refractivity contribution in [2.24, 2.45) is 0 Å². The van der Waals surface area contributed by atoms with E-state index in [1.165, 1.54) is 36.0 Å². The summed E-state index contributed by atoms with van der Waals surface area (Å²) < 4.78 is 5.24. The summed E-state index contributed by atoms with van der Waals surface area (Å²) in [6.45, 7) is 3.26. The Morgan fingerprint density at radius 1 is 1.25 bits per heavy atom. The summed E-state index contributed by atoms with van der Waals surface area (Å²) in [5.41, 5.74) is 3.66. The van der Waals surface area contributed by atoms with Crippen molar-refractivity contribution in [2.75, 3.05) is 20.2 Å². The molecule has 4 nitrogen and oxygen atoms in total. The normalized spacial score (nSPS) is 18.8. The molecule has 1 saturated heterocycles. The van der Waals surface area contributed by atoms with Gasteiger partial charge in [-0.25, -0.2) is 4.98 Å². The maximum Gasteiger partial charge on any atom is 0.137 e. The zero-order valence-corrected chi connectivity index (χ0v) is 14.0. The van der Waals surface area contributed by atoms with E-state index in [9.17, 15) is 0 Å². The van der Waals surface area contributed by atoms with Crippen LogP contribution in [0.4, 0.5) is 0 Å². The molecule has 0 saturated carbocycles. The SMILES string of the molecule is COc1ccc(CN2CCCC(c3cc4cccnc4[nH]3)C2)cc1. The maximum atomic E-state index is 5.24. The van der Waals surface area contributed by atoms with Crippen LogP contribution in [-0.4, -0.2) is 35.1 Å². The molecule has 1 unspecified atom stereocenters. The molecule has 4 rings (SSSR count). The van der Waals surface area contributed by atoms with Crippen LogP contribution in [0.3, 0.4) is 0 Å². The summed E-state index contributed by atoms with van der Waals surface area (Å²) in [4.78, 5) is 10.5. The van der Waals surface area contributed by atoms with Crippen molar-refractivity contribution in [3.63, 3.8) is 0 Å². The second-order valence-electron chi connectivity index (χ2n) is 6.59. The van der Waals surface area contributed by atoms with Gasteiger partial charge in [-0.3, -0.25) is 4.90 Å². The molecule has 3 aromatic rings. The number of likely N-dealkylation sites (tertiary alicyclic amines) is 1. The third kappa shape index (κ3) is 3.15. The Bertz CT molecular complexity index is 776. The van der Waals surface area contributed by atoms with E-state index in [2.05, 4.69) is 39.1 Å². The van der Waals surface area contributed by atoms with Gasteiger partial charge < -0.3 is 9.72 Å². The van der Waals surface area contributed by atoms with Crippen LogP contribution in [0.15, 0.2) is 48.7 Å². The van der Waals surface area contributed by atoms with Crippen molar-refractivity contribution in [3.8, 4) is 5.75 Å². The van der Waals surface area contributed by atoms with Crippen LogP contribution in [-0.2, 0) is 6.54 Å². The summed E-state index contributed by atoms with van der Waals surface area (Å²) in [5, 5.41) is 1.21. The van der Waals surface area contributed by atoms with E-state index in [1.54, 1.807) is 7.11 Å². The number of hydrogen-bond donors (Lipinski definition) is 1. The third-order valence-corrected chi connectivity index (χ3v) is 4.92. The predicted octanol–water partition coefficient (Wildman–Crippen LogP) is 3.95. The molecule has 1 aliphatic rings. The van der Waals surface area contributed by atoms with Gasteiger partial charge in [-0.2, -0.15) is 0 Å². The molecule has 0 aliphatic carbocycles. The Kier molecular flexibility index (Phi) is 4.22. The number of benzene rings is 1. The lowest BCUT2D eigenvalue weighted by Crippen LogP contribution is -2.34. The molecule has 2 aromatic heterocycles. The number of H-pyrrole nitrogens is 1. The van der Waals surface area contributed by atoms with Gasteiger partial charge in [-0.15, -0.1) is 0 Å². The van der Waals surface area contributed by atoms with Crippen molar-refractivity contribution in [3.05, 3.63) is 59.9 Å². The van der Waals surface area contributed by atoms with Crippen LogP contribution in [0.25, 0.3) is 11.0 Å². The van der Waals surface area contributed by atoms with Gasteiger partial charge in [-0.1, -0.05) is 12.1 Å². The van der Waals surface area contributed by atoms with Crippen LogP contribution in [0, 0.1) is 0 Å². The molecular formula is C20H23N3O. The molecule has 124 valence electrons. The maximum absolute atomic E-state index is 5.24. The van der Waals surface area contributed by atoms with Crippen LogP contribution in [0.2, 0.25) is 0 Å². The number of aromatic nitrogens is 2. The zero-order valence-electron chi connectivity index (χ0n) is 14.0. The van der Waals surface area contributed by atoms with E-state index in [0.29, 0.717) is 5.92 Å². The lowest BCUT2D eigenvalue weighted by Gasteiger charge is -2.32. The second kappa shape index (κ2) is 6.65. The molecular weight excluding hydrogens is 298 g/mol. The van der Waals surface area contributed by atoms with Gasteiger partial charge in [0.05, 0.1) is 7.11 Å². The van der Waals surface area contributed by atoms with Crippen molar-refractivity contribution >= 4 is 11.0 Å². The lowest BCUT2D eigenvalue weighted by molar-refractivity contribution is 0.199. The molecule has 1 atom stereocenters. The molecule has 0 radical (unpaired) electrons. The molecule has 1 N–H and O–H groups in total. The van der Waals surface area contributed by atoms with Gasteiger partial charge in [0.15, 0.2) is 0 Å². The first kappa shape index (κ1) is 15.2. The number of nitrogens with one attached hydrogen (secondary N) is 1. The molecule has 0 bridgehead atoms. The summed E-state index contributed by atoms with van der Waals surface area (Å²) in [7, 11) is 1.71. The summed E-state index contributed by atoms with van der Waals surface area (Å²) >= 11 is 0. The molecule has 0 spiro atoms. The highest BCUT2D eigenvalue weighted by molar-refractivity contribution is 5.76. The predicted molar refractivity (Wildman–Crippen MR) is 96.3 cm³/mol. The Hall–Kier alpha value is -2.33. The van der Waals surface area contributed by atoms with Gasteiger partial charge in [0.1, 0.15) is 11.4 Å². The highest BCUT2D eigenvalue weighted by Crippen LogP contribution is 2.29. The monoisotopic (exact) mass is 321 g/mol. The smallest absolute Gasteiger partial charge is 0.137 e. The fourth-order valence-electron chi connectivity index (χ4n) is 3.64. The second-order valence-corrected chi connectivity index (χ2v) is 6.59. The molecule has 3 heterocycles. The first-order valence-electron chi connectivity index (χ1n) is 8.61. The number of pyridine rings is 1. The third-order valence-electron chi connectivity index (χ3n) is 4.92. The van der Waals surface area contributed by atoms with Gasteiger partial charge in [0.25, 0.3) is 0 Å². The van der Waals surface area contributed by atoms with Crippen LogP contribution >= 0.6 is 0 Å². The molecule has 4 heteroatoms. The van der Waals surface area contributed by atoms with E-state index < -0.39 is 0 Å². The fraction of sp³-hybridized carbons (Fsp3) is 0.350. The highest BCUT2D eigenvalue weighted by Gasteiger charge is 2.22. The van der Waals surface area contributed by atoms with E-state index >= 15 is 0 Å². The average Bonchev–Trinajstić information content (AvgIpc) is 3.07. The molecule has 0 amide bonds. The van der Waals surface area contributed by atoms with Crippen LogP contribution in [0.1, 0.15) is 30.0 Å². The number of piperidine rings is 1. The van der Waals surface area contributed by atoms with E-state index in [1.807, 2.05) is 24.4 Å². The lowest BCUT2D eigenvalue weighted by atomic mass is 9.94. The van der Waals surface area contributed by atoms with E-state index in [0.717, 1.165) is 24.5 Å². The number of fused-ring (bicyclic) bond motifs is 1. The summed E-state index contributed by atoms with van der Waals surface area (Å²) in [5.74, 6) is 1.48. The first-order valence-corrected chi connectivity index (χ1v) is 8.61. The van der Waals surface area contributed by atoms with Crippen molar-refractivity contribution < 1.29 is 4.74 Å². The molecule has 1 fully saturated rings. The minimum Gasteiger partial charge on any atom is -0.497 e. The zero-order chi connectivity index (χ0) is 16.4. The molecule has 1 aliphatic heterocycles. The van der Waals surface area contributed by atoms with Crippen molar-refractivity contribution in [1.82, 2.24) is 14.9 Å². The minimum atomic E-state index is 0.561. The van der Waals surface area contributed by atoms with Gasteiger partial charge in [-0.05, 0) is 55.3 Å². The number of hydrogen-bond acceptors (Lipinski definition) is 3. The first-order chi connectivity index (χ1) is 11.8. The van der Waals surface area contributed by atoms with E-state index in [-0.39, 0.29) is 0 Å². The Labute approximate surface area is 142 Å².